The number of carbonyl (C=O) groups excluding carboxylic acids is 1. The van der Waals surface area contributed by atoms with E-state index in [0.717, 1.165) is 44.1 Å². The van der Waals surface area contributed by atoms with Crippen LogP contribution in [0.1, 0.15) is 19.8 Å². The molecule has 0 atom stereocenters. The SMILES string of the molecule is CCN1CCN(c2ccc(Cl)cc2NC(=O)C2CCN(c3ccccc3[N+](=O)[O-])CC2)CC1. The fourth-order valence-electron chi connectivity index (χ4n) is 4.69. The van der Waals surface area contributed by atoms with Crippen molar-refractivity contribution in [2.45, 2.75) is 19.8 Å². The molecule has 2 aliphatic heterocycles. The fourth-order valence-corrected chi connectivity index (χ4v) is 4.86. The Bertz CT molecular complexity index is 1000. The number of carbonyl (C=O) groups is 1. The summed E-state index contributed by atoms with van der Waals surface area (Å²) in [5.74, 6) is -0.166. The molecule has 9 heteroatoms. The number of para-hydroxylation sites is 2. The third-order valence-corrected chi connectivity index (χ3v) is 6.90. The van der Waals surface area contributed by atoms with Gasteiger partial charge in [0.2, 0.25) is 5.91 Å². The molecule has 1 N–H and O–H groups in total. The number of piperidine rings is 1. The number of nitro benzene ring substituents is 1. The van der Waals surface area contributed by atoms with E-state index in [4.69, 9.17) is 11.6 Å². The summed E-state index contributed by atoms with van der Waals surface area (Å²) in [6.45, 7) is 8.23. The van der Waals surface area contributed by atoms with E-state index < -0.39 is 0 Å². The van der Waals surface area contributed by atoms with E-state index in [-0.39, 0.29) is 22.4 Å². The van der Waals surface area contributed by atoms with Crippen molar-refractivity contribution in [3.05, 3.63) is 57.6 Å². The van der Waals surface area contributed by atoms with Crippen LogP contribution >= 0.6 is 11.6 Å². The second-order valence-corrected chi connectivity index (χ2v) is 9.02. The second kappa shape index (κ2) is 10.4. The summed E-state index contributed by atoms with van der Waals surface area (Å²) in [4.78, 5) is 30.8. The van der Waals surface area contributed by atoms with Crippen LogP contribution in [0.15, 0.2) is 42.5 Å². The van der Waals surface area contributed by atoms with Gasteiger partial charge in [0, 0.05) is 56.3 Å². The Labute approximate surface area is 199 Å². The molecule has 4 rings (SSSR count). The molecule has 8 nitrogen and oxygen atoms in total. The van der Waals surface area contributed by atoms with E-state index >= 15 is 0 Å². The van der Waals surface area contributed by atoms with Gasteiger partial charge in [-0.3, -0.25) is 14.9 Å². The van der Waals surface area contributed by atoms with Crippen molar-refractivity contribution in [2.75, 3.05) is 60.9 Å². The van der Waals surface area contributed by atoms with Gasteiger partial charge in [-0.15, -0.1) is 0 Å². The molecule has 2 aromatic rings. The number of rotatable bonds is 6. The fraction of sp³-hybridized carbons (Fsp3) is 0.458. The third-order valence-electron chi connectivity index (χ3n) is 6.66. The highest BCUT2D eigenvalue weighted by Gasteiger charge is 2.29. The number of benzene rings is 2. The third kappa shape index (κ3) is 5.39. The Morgan fingerprint density at radius 3 is 2.36 bits per heavy atom. The average molecular weight is 472 g/mol. The Hall–Kier alpha value is -2.84. The van der Waals surface area contributed by atoms with Gasteiger partial charge in [0.15, 0.2) is 0 Å². The number of piperazine rings is 1. The molecule has 176 valence electrons. The van der Waals surface area contributed by atoms with Gasteiger partial charge >= 0.3 is 0 Å². The lowest BCUT2D eigenvalue weighted by molar-refractivity contribution is -0.384. The summed E-state index contributed by atoms with van der Waals surface area (Å²) in [5, 5.41) is 15.1. The summed E-state index contributed by atoms with van der Waals surface area (Å²) < 4.78 is 0. The predicted octanol–water partition coefficient (Wildman–Crippen LogP) is 4.25. The average Bonchev–Trinajstić information content (AvgIpc) is 2.84. The lowest BCUT2D eigenvalue weighted by Gasteiger charge is -2.37. The Morgan fingerprint density at radius 1 is 1.03 bits per heavy atom. The number of hydrogen-bond donors (Lipinski definition) is 1. The molecule has 2 heterocycles. The van der Waals surface area contributed by atoms with Crippen LogP contribution in [0, 0.1) is 16.0 Å². The first-order chi connectivity index (χ1) is 16.0. The smallest absolute Gasteiger partial charge is 0.292 e. The van der Waals surface area contributed by atoms with Crippen molar-refractivity contribution in [3.63, 3.8) is 0 Å². The second-order valence-electron chi connectivity index (χ2n) is 8.58. The van der Waals surface area contributed by atoms with Gasteiger partial charge in [-0.2, -0.15) is 0 Å². The molecule has 0 saturated carbocycles. The molecule has 0 aromatic heterocycles. The summed E-state index contributed by atoms with van der Waals surface area (Å²) in [6, 6.07) is 12.4. The van der Waals surface area contributed by atoms with Gasteiger partial charge in [0.1, 0.15) is 5.69 Å². The largest absolute Gasteiger partial charge is 0.367 e. The van der Waals surface area contributed by atoms with Crippen molar-refractivity contribution < 1.29 is 9.72 Å². The molecule has 0 unspecified atom stereocenters. The first-order valence-corrected chi connectivity index (χ1v) is 11.9. The maximum absolute atomic E-state index is 13.1. The molecule has 2 aromatic carbocycles. The van der Waals surface area contributed by atoms with Crippen molar-refractivity contribution >= 4 is 40.3 Å². The molecule has 2 saturated heterocycles. The Balaban J connectivity index is 1.41. The molecule has 33 heavy (non-hydrogen) atoms. The summed E-state index contributed by atoms with van der Waals surface area (Å²) in [6.07, 6.45) is 1.28. The predicted molar refractivity (Wildman–Crippen MR) is 132 cm³/mol. The lowest BCUT2D eigenvalue weighted by atomic mass is 9.95. The monoisotopic (exact) mass is 471 g/mol. The van der Waals surface area contributed by atoms with Crippen LogP contribution in [0.25, 0.3) is 0 Å². The topological polar surface area (TPSA) is 82.0 Å². The first kappa shape index (κ1) is 23.3. The minimum atomic E-state index is -0.352. The zero-order valence-electron chi connectivity index (χ0n) is 18.9. The number of halogens is 1. The van der Waals surface area contributed by atoms with E-state index in [1.165, 1.54) is 6.07 Å². The zero-order chi connectivity index (χ0) is 23.4. The normalized spacial score (nSPS) is 17.8. The summed E-state index contributed by atoms with van der Waals surface area (Å²) in [5.41, 5.74) is 2.47. The molecule has 0 radical (unpaired) electrons. The van der Waals surface area contributed by atoms with E-state index in [1.807, 2.05) is 29.2 Å². The summed E-state index contributed by atoms with van der Waals surface area (Å²) >= 11 is 6.26. The van der Waals surface area contributed by atoms with E-state index in [2.05, 4.69) is 22.0 Å². The van der Waals surface area contributed by atoms with Gasteiger partial charge in [0.25, 0.3) is 5.69 Å². The van der Waals surface area contributed by atoms with Crippen molar-refractivity contribution in [3.8, 4) is 0 Å². The molecular formula is C24H30ClN5O3. The van der Waals surface area contributed by atoms with Crippen molar-refractivity contribution in [2.24, 2.45) is 5.92 Å². The number of nitrogens with zero attached hydrogens (tertiary/aromatic N) is 4. The number of hydrogen-bond acceptors (Lipinski definition) is 6. The van der Waals surface area contributed by atoms with E-state index in [1.54, 1.807) is 12.1 Å². The number of nitrogens with one attached hydrogen (secondary N) is 1. The van der Waals surface area contributed by atoms with Crippen molar-refractivity contribution in [1.29, 1.82) is 0 Å². The van der Waals surface area contributed by atoms with Gasteiger partial charge in [0.05, 0.1) is 16.3 Å². The molecule has 2 aliphatic rings. The highest BCUT2D eigenvalue weighted by molar-refractivity contribution is 6.31. The maximum atomic E-state index is 13.1. The minimum Gasteiger partial charge on any atom is -0.367 e. The van der Waals surface area contributed by atoms with Gasteiger partial charge in [-0.05, 0) is 43.7 Å². The van der Waals surface area contributed by atoms with Gasteiger partial charge < -0.3 is 20.0 Å². The molecule has 1 amide bonds. The van der Waals surface area contributed by atoms with Gasteiger partial charge in [-0.1, -0.05) is 30.7 Å². The quantitative estimate of drug-likeness (QED) is 0.501. The van der Waals surface area contributed by atoms with Crippen LogP contribution in [0.3, 0.4) is 0 Å². The standard InChI is InChI=1S/C24H30ClN5O3/c1-2-27-13-15-29(16-14-27)21-8-7-19(25)17-20(21)26-24(31)18-9-11-28(12-10-18)22-5-3-4-6-23(22)30(32)33/h3-8,17-18H,2,9-16H2,1H3,(H,26,31). The number of nitro groups is 1. The van der Waals surface area contributed by atoms with Gasteiger partial charge in [-0.25, -0.2) is 0 Å². The molecule has 0 spiro atoms. The zero-order valence-corrected chi connectivity index (χ0v) is 19.6. The highest BCUT2D eigenvalue weighted by atomic mass is 35.5. The number of amides is 1. The van der Waals surface area contributed by atoms with Crippen LogP contribution in [-0.2, 0) is 4.79 Å². The minimum absolute atomic E-state index is 0.0204. The maximum Gasteiger partial charge on any atom is 0.292 e. The molecular weight excluding hydrogens is 442 g/mol. The van der Waals surface area contributed by atoms with Crippen LogP contribution in [0.5, 0.6) is 0 Å². The first-order valence-electron chi connectivity index (χ1n) is 11.5. The number of likely N-dealkylation sites (N-methyl/N-ethyl adjacent to an activating group) is 1. The Morgan fingerprint density at radius 2 is 1.70 bits per heavy atom. The molecule has 0 aliphatic carbocycles. The lowest BCUT2D eigenvalue weighted by Crippen LogP contribution is -2.46. The summed E-state index contributed by atoms with van der Waals surface area (Å²) in [7, 11) is 0. The van der Waals surface area contributed by atoms with Crippen LogP contribution in [0.4, 0.5) is 22.7 Å². The molecule has 2 fully saturated rings. The van der Waals surface area contributed by atoms with Crippen LogP contribution in [-0.4, -0.2) is 61.5 Å². The number of anilines is 3. The highest BCUT2D eigenvalue weighted by Crippen LogP contribution is 2.33. The van der Waals surface area contributed by atoms with Crippen LogP contribution < -0.4 is 15.1 Å². The molecule has 0 bridgehead atoms. The van der Waals surface area contributed by atoms with E-state index in [0.29, 0.717) is 36.6 Å². The van der Waals surface area contributed by atoms with Crippen molar-refractivity contribution in [1.82, 2.24) is 4.90 Å². The Kier molecular flexibility index (Phi) is 7.35. The van der Waals surface area contributed by atoms with E-state index in [9.17, 15) is 14.9 Å². The van der Waals surface area contributed by atoms with Crippen LogP contribution in [0.2, 0.25) is 5.02 Å².